The van der Waals surface area contributed by atoms with Crippen LogP contribution in [0.5, 0.6) is 11.5 Å². The van der Waals surface area contributed by atoms with E-state index in [1.165, 1.54) is 20.3 Å². The number of carbonyl (C=O) groups is 1. The molecule has 1 aromatic carbocycles. The summed E-state index contributed by atoms with van der Waals surface area (Å²) >= 11 is 6.08. The Hall–Kier alpha value is -2.27. The predicted molar refractivity (Wildman–Crippen MR) is 80.0 cm³/mol. The average Bonchev–Trinajstić information content (AvgIpc) is 2.52. The van der Waals surface area contributed by atoms with Crippen LogP contribution in [0.1, 0.15) is 16.1 Å². The third-order valence-electron chi connectivity index (χ3n) is 2.85. The average molecular weight is 307 g/mol. The summed E-state index contributed by atoms with van der Waals surface area (Å²) < 4.78 is 10.3. The fourth-order valence-electron chi connectivity index (χ4n) is 1.82. The van der Waals surface area contributed by atoms with Gasteiger partial charge < -0.3 is 14.8 Å². The molecule has 2 rings (SSSR count). The molecule has 110 valence electrons. The van der Waals surface area contributed by atoms with Crippen molar-refractivity contribution in [2.45, 2.75) is 6.54 Å². The van der Waals surface area contributed by atoms with Crippen molar-refractivity contribution in [1.82, 2.24) is 10.3 Å². The fraction of sp³-hybridized carbons (Fsp3) is 0.200. The molecule has 2 aromatic rings. The molecule has 5 nitrogen and oxygen atoms in total. The normalized spacial score (nSPS) is 10.0. The Kier molecular flexibility index (Phi) is 5.00. The van der Waals surface area contributed by atoms with Crippen LogP contribution in [-0.4, -0.2) is 25.1 Å². The molecule has 1 heterocycles. The van der Waals surface area contributed by atoms with E-state index in [2.05, 4.69) is 10.3 Å². The van der Waals surface area contributed by atoms with Gasteiger partial charge in [0.2, 0.25) is 0 Å². The molecule has 21 heavy (non-hydrogen) atoms. The minimum atomic E-state index is -0.261. The van der Waals surface area contributed by atoms with Gasteiger partial charge in [-0.15, -0.1) is 0 Å². The third-order valence-corrected chi connectivity index (χ3v) is 3.13. The Balaban J connectivity index is 2.14. The molecule has 1 aromatic heterocycles. The molecule has 0 radical (unpaired) electrons. The zero-order chi connectivity index (χ0) is 15.2. The number of rotatable bonds is 5. The van der Waals surface area contributed by atoms with Crippen LogP contribution in [0.4, 0.5) is 0 Å². The summed E-state index contributed by atoms with van der Waals surface area (Å²) in [7, 11) is 2.98. The van der Waals surface area contributed by atoms with E-state index in [4.69, 9.17) is 21.1 Å². The smallest absolute Gasteiger partial charge is 0.251 e. The first-order valence-electron chi connectivity index (χ1n) is 6.25. The Morgan fingerprint density at radius 3 is 2.71 bits per heavy atom. The van der Waals surface area contributed by atoms with Gasteiger partial charge in [-0.25, -0.2) is 0 Å². The number of carbonyl (C=O) groups excluding carboxylic acids is 1. The number of ether oxygens (including phenoxy) is 2. The van der Waals surface area contributed by atoms with Crippen molar-refractivity contribution in [3.63, 3.8) is 0 Å². The molecule has 0 aliphatic carbocycles. The number of amides is 1. The van der Waals surface area contributed by atoms with Gasteiger partial charge in [-0.05, 0) is 24.3 Å². The Bertz CT molecular complexity index is 632. The molecule has 1 N–H and O–H groups in total. The summed E-state index contributed by atoms with van der Waals surface area (Å²) in [5.74, 6) is 0.553. The van der Waals surface area contributed by atoms with Gasteiger partial charge in [0.05, 0.1) is 31.5 Å². The van der Waals surface area contributed by atoms with Crippen LogP contribution < -0.4 is 14.8 Å². The Labute approximate surface area is 127 Å². The summed E-state index contributed by atoms with van der Waals surface area (Å²) in [6.45, 7) is 0.339. The van der Waals surface area contributed by atoms with Gasteiger partial charge in [-0.2, -0.15) is 0 Å². The zero-order valence-electron chi connectivity index (χ0n) is 11.7. The molecule has 1 amide bonds. The van der Waals surface area contributed by atoms with Crippen molar-refractivity contribution in [3.8, 4) is 11.5 Å². The van der Waals surface area contributed by atoms with Gasteiger partial charge in [-0.3, -0.25) is 9.78 Å². The molecule has 0 bridgehead atoms. The first-order chi connectivity index (χ1) is 10.2. The number of halogens is 1. The maximum Gasteiger partial charge on any atom is 0.251 e. The Morgan fingerprint density at radius 1 is 1.29 bits per heavy atom. The van der Waals surface area contributed by atoms with E-state index >= 15 is 0 Å². The minimum Gasteiger partial charge on any atom is -0.493 e. The van der Waals surface area contributed by atoms with Crippen LogP contribution in [0, 0.1) is 0 Å². The Morgan fingerprint density at radius 2 is 2.10 bits per heavy atom. The van der Waals surface area contributed by atoms with Crippen LogP contribution in [0.3, 0.4) is 0 Å². The second-order valence-electron chi connectivity index (χ2n) is 4.20. The van der Waals surface area contributed by atoms with E-state index in [-0.39, 0.29) is 5.91 Å². The van der Waals surface area contributed by atoms with Gasteiger partial charge >= 0.3 is 0 Å². The predicted octanol–water partition coefficient (Wildman–Crippen LogP) is 2.68. The van der Waals surface area contributed by atoms with Crippen molar-refractivity contribution in [1.29, 1.82) is 0 Å². The molecule has 0 atom stereocenters. The van der Waals surface area contributed by atoms with Gasteiger partial charge in [-0.1, -0.05) is 17.7 Å². The number of pyridine rings is 1. The number of hydrogen-bond donors (Lipinski definition) is 1. The maximum absolute atomic E-state index is 12.1. The molecule has 0 aliphatic heterocycles. The van der Waals surface area contributed by atoms with E-state index in [0.29, 0.717) is 28.6 Å². The van der Waals surface area contributed by atoms with Crippen molar-refractivity contribution in [2.24, 2.45) is 0 Å². The van der Waals surface area contributed by atoms with Crippen LogP contribution in [0.25, 0.3) is 0 Å². The first-order valence-corrected chi connectivity index (χ1v) is 6.63. The summed E-state index contributed by atoms with van der Waals surface area (Å²) in [4.78, 5) is 16.3. The van der Waals surface area contributed by atoms with Crippen LogP contribution in [-0.2, 0) is 6.54 Å². The van der Waals surface area contributed by atoms with Gasteiger partial charge in [0, 0.05) is 11.8 Å². The topological polar surface area (TPSA) is 60.5 Å². The quantitative estimate of drug-likeness (QED) is 0.922. The molecule has 0 aliphatic rings. The number of benzene rings is 1. The SMILES string of the molecule is COc1cc(C(=O)NCc2ccccn2)cc(Cl)c1OC. The highest BCUT2D eigenvalue weighted by Gasteiger charge is 2.15. The van der Waals surface area contributed by atoms with Crippen molar-refractivity contribution in [3.05, 3.63) is 52.8 Å². The van der Waals surface area contributed by atoms with Gasteiger partial charge in [0.1, 0.15) is 0 Å². The molecule has 6 heteroatoms. The highest BCUT2D eigenvalue weighted by Crippen LogP contribution is 2.35. The number of nitrogens with zero attached hydrogens (tertiary/aromatic N) is 1. The molecule has 0 saturated heterocycles. The summed E-state index contributed by atoms with van der Waals surface area (Å²) in [6, 6.07) is 8.64. The maximum atomic E-state index is 12.1. The molecule has 0 unspecified atom stereocenters. The minimum absolute atomic E-state index is 0.261. The summed E-state index contributed by atoms with van der Waals surface area (Å²) in [5, 5.41) is 3.09. The number of methoxy groups -OCH3 is 2. The van der Waals surface area contributed by atoms with Crippen molar-refractivity contribution >= 4 is 17.5 Å². The second kappa shape index (κ2) is 6.95. The third kappa shape index (κ3) is 3.64. The molecular formula is C15H15ClN2O3. The number of aromatic nitrogens is 1. The van der Waals surface area contributed by atoms with E-state index in [9.17, 15) is 4.79 Å². The molecule has 0 saturated carbocycles. The van der Waals surface area contributed by atoms with Crippen molar-refractivity contribution in [2.75, 3.05) is 14.2 Å². The monoisotopic (exact) mass is 306 g/mol. The lowest BCUT2D eigenvalue weighted by Gasteiger charge is -2.11. The van der Waals surface area contributed by atoms with Crippen LogP contribution in [0.15, 0.2) is 36.5 Å². The van der Waals surface area contributed by atoms with Crippen LogP contribution in [0.2, 0.25) is 5.02 Å². The highest BCUT2D eigenvalue weighted by atomic mass is 35.5. The lowest BCUT2D eigenvalue weighted by molar-refractivity contribution is 0.0950. The van der Waals surface area contributed by atoms with Gasteiger partial charge in [0.25, 0.3) is 5.91 Å². The molecular weight excluding hydrogens is 292 g/mol. The lowest BCUT2D eigenvalue weighted by atomic mass is 10.2. The lowest BCUT2D eigenvalue weighted by Crippen LogP contribution is -2.23. The fourth-order valence-corrected chi connectivity index (χ4v) is 2.11. The number of nitrogens with one attached hydrogen (secondary N) is 1. The summed E-state index contributed by atoms with van der Waals surface area (Å²) in [6.07, 6.45) is 1.68. The molecule has 0 spiro atoms. The van der Waals surface area contributed by atoms with E-state index in [1.807, 2.05) is 18.2 Å². The van der Waals surface area contributed by atoms with E-state index < -0.39 is 0 Å². The zero-order valence-corrected chi connectivity index (χ0v) is 12.5. The van der Waals surface area contributed by atoms with E-state index in [0.717, 1.165) is 5.69 Å². The number of hydrogen-bond acceptors (Lipinski definition) is 4. The molecule has 0 fully saturated rings. The van der Waals surface area contributed by atoms with E-state index in [1.54, 1.807) is 12.3 Å². The van der Waals surface area contributed by atoms with Crippen LogP contribution >= 0.6 is 11.6 Å². The second-order valence-corrected chi connectivity index (χ2v) is 4.60. The highest BCUT2D eigenvalue weighted by molar-refractivity contribution is 6.32. The largest absolute Gasteiger partial charge is 0.493 e. The van der Waals surface area contributed by atoms with Gasteiger partial charge in [0.15, 0.2) is 11.5 Å². The summed E-state index contributed by atoms with van der Waals surface area (Å²) in [5.41, 5.74) is 1.17. The first kappa shape index (κ1) is 15.1. The van der Waals surface area contributed by atoms with Crippen molar-refractivity contribution < 1.29 is 14.3 Å². The standard InChI is InChI=1S/C15H15ClN2O3/c1-20-13-8-10(7-12(16)14(13)21-2)15(19)18-9-11-5-3-4-6-17-11/h3-8H,9H2,1-2H3,(H,18,19).